The standard InChI is InChI=1S/C12H14N2OS/c13-10(6-9-4-2-1-3-5-9)12(15)11-7-16-8-14-11/h1-5,7-8,10,12,15H,6,13H2. The predicted octanol–water partition coefficient (Wildman–Crippen LogP) is 1.75. The van der Waals surface area contributed by atoms with Gasteiger partial charge in [-0.2, -0.15) is 0 Å². The van der Waals surface area contributed by atoms with E-state index >= 15 is 0 Å². The van der Waals surface area contributed by atoms with Crippen molar-refractivity contribution in [3.8, 4) is 0 Å². The van der Waals surface area contributed by atoms with Crippen molar-refractivity contribution in [2.24, 2.45) is 5.73 Å². The lowest BCUT2D eigenvalue weighted by Crippen LogP contribution is -2.30. The molecule has 1 heterocycles. The largest absolute Gasteiger partial charge is 0.385 e. The predicted molar refractivity (Wildman–Crippen MR) is 65.2 cm³/mol. The molecule has 0 spiro atoms. The van der Waals surface area contributed by atoms with E-state index in [4.69, 9.17) is 5.73 Å². The van der Waals surface area contributed by atoms with Crippen molar-refractivity contribution in [3.63, 3.8) is 0 Å². The van der Waals surface area contributed by atoms with E-state index in [-0.39, 0.29) is 6.04 Å². The first kappa shape index (κ1) is 11.3. The van der Waals surface area contributed by atoms with E-state index in [0.717, 1.165) is 5.56 Å². The van der Waals surface area contributed by atoms with Crippen LogP contribution in [0, 0.1) is 0 Å². The lowest BCUT2D eigenvalue weighted by molar-refractivity contribution is 0.142. The third-order valence-electron chi connectivity index (χ3n) is 2.47. The average Bonchev–Trinajstić information content (AvgIpc) is 2.83. The van der Waals surface area contributed by atoms with Crippen molar-refractivity contribution in [3.05, 3.63) is 52.5 Å². The molecule has 2 rings (SSSR count). The van der Waals surface area contributed by atoms with Gasteiger partial charge in [0, 0.05) is 11.4 Å². The Morgan fingerprint density at radius 2 is 2.06 bits per heavy atom. The number of aliphatic hydroxyl groups excluding tert-OH is 1. The van der Waals surface area contributed by atoms with E-state index < -0.39 is 6.10 Å². The fourth-order valence-corrected chi connectivity index (χ4v) is 2.17. The molecule has 2 unspecified atom stereocenters. The monoisotopic (exact) mass is 234 g/mol. The smallest absolute Gasteiger partial charge is 0.112 e. The van der Waals surface area contributed by atoms with E-state index in [1.807, 2.05) is 35.7 Å². The Kier molecular flexibility index (Phi) is 3.66. The summed E-state index contributed by atoms with van der Waals surface area (Å²) in [7, 11) is 0. The Labute approximate surface area is 98.6 Å². The molecule has 0 saturated heterocycles. The SMILES string of the molecule is NC(Cc1ccccc1)C(O)c1cscn1. The van der Waals surface area contributed by atoms with Crippen molar-refractivity contribution in [2.75, 3.05) is 0 Å². The molecule has 0 bridgehead atoms. The number of thiazole rings is 1. The zero-order valence-corrected chi connectivity index (χ0v) is 9.60. The van der Waals surface area contributed by atoms with Gasteiger partial charge in [-0.1, -0.05) is 30.3 Å². The first-order valence-corrected chi connectivity index (χ1v) is 6.07. The van der Waals surface area contributed by atoms with Crippen LogP contribution in [-0.4, -0.2) is 16.1 Å². The molecule has 2 aromatic rings. The first-order chi connectivity index (χ1) is 7.77. The molecule has 1 aromatic heterocycles. The number of hydrogen-bond acceptors (Lipinski definition) is 4. The van der Waals surface area contributed by atoms with Crippen molar-refractivity contribution in [2.45, 2.75) is 18.6 Å². The fraction of sp³-hybridized carbons (Fsp3) is 0.250. The molecular formula is C12H14N2OS. The highest BCUT2D eigenvalue weighted by molar-refractivity contribution is 7.07. The maximum Gasteiger partial charge on any atom is 0.112 e. The van der Waals surface area contributed by atoms with Crippen LogP contribution in [0.3, 0.4) is 0 Å². The molecule has 4 heteroatoms. The third-order valence-corrected chi connectivity index (χ3v) is 3.08. The Morgan fingerprint density at radius 1 is 1.31 bits per heavy atom. The zero-order chi connectivity index (χ0) is 11.4. The van der Waals surface area contributed by atoms with Gasteiger partial charge in [0.25, 0.3) is 0 Å². The first-order valence-electron chi connectivity index (χ1n) is 5.13. The summed E-state index contributed by atoms with van der Waals surface area (Å²) in [5, 5.41) is 11.8. The van der Waals surface area contributed by atoms with Crippen LogP contribution in [0.25, 0.3) is 0 Å². The van der Waals surface area contributed by atoms with E-state index in [9.17, 15) is 5.11 Å². The maximum absolute atomic E-state index is 9.96. The van der Waals surface area contributed by atoms with Crippen LogP contribution in [0.1, 0.15) is 17.4 Å². The van der Waals surface area contributed by atoms with E-state index in [0.29, 0.717) is 12.1 Å². The Hall–Kier alpha value is -1.23. The topological polar surface area (TPSA) is 59.1 Å². The summed E-state index contributed by atoms with van der Waals surface area (Å²) in [6, 6.07) is 9.60. The van der Waals surface area contributed by atoms with Gasteiger partial charge in [0.2, 0.25) is 0 Å². The highest BCUT2D eigenvalue weighted by Gasteiger charge is 2.18. The second-order valence-corrected chi connectivity index (χ2v) is 4.43. The molecule has 0 amide bonds. The summed E-state index contributed by atoms with van der Waals surface area (Å²) in [5.41, 5.74) is 9.45. The molecule has 2 atom stereocenters. The number of nitrogens with two attached hydrogens (primary N) is 1. The molecule has 84 valence electrons. The van der Waals surface area contributed by atoms with Crippen LogP contribution < -0.4 is 5.73 Å². The maximum atomic E-state index is 9.96. The minimum Gasteiger partial charge on any atom is -0.385 e. The molecule has 3 N–H and O–H groups in total. The van der Waals surface area contributed by atoms with Crippen molar-refractivity contribution < 1.29 is 5.11 Å². The number of aromatic nitrogens is 1. The highest BCUT2D eigenvalue weighted by Crippen LogP contribution is 2.18. The molecule has 0 aliphatic carbocycles. The van der Waals surface area contributed by atoms with Gasteiger partial charge in [-0.3, -0.25) is 0 Å². The van der Waals surface area contributed by atoms with Crippen LogP contribution in [-0.2, 0) is 6.42 Å². The molecule has 3 nitrogen and oxygen atoms in total. The lowest BCUT2D eigenvalue weighted by atomic mass is 10.0. The van der Waals surface area contributed by atoms with Crippen molar-refractivity contribution in [1.29, 1.82) is 0 Å². The molecule has 0 radical (unpaired) electrons. The second-order valence-electron chi connectivity index (χ2n) is 3.71. The quantitative estimate of drug-likeness (QED) is 0.847. The summed E-state index contributed by atoms with van der Waals surface area (Å²) < 4.78 is 0. The van der Waals surface area contributed by atoms with Gasteiger partial charge >= 0.3 is 0 Å². The van der Waals surface area contributed by atoms with Crippen molar-refractivity contribution >= 4 is 11.3 Å². The van der Waals surface area contributed by atoms with Gasteiger partial charge < -0.3 is 10.8 Å². The van der Waals surface area contributed by atoms with Gasteiger partial charge in [-0.15, -0.1) is 11.3 Å². The molecule has 0 aliphatic rings. The van der Waals surface area contributed by atoms with Crippen LogP contribution in [0.4, 0.5) is 0 Å². The summed E-state index contributed by atoms with van der Waals surface area (Å²) in [5.74, 6) is 0. The fourth-order valence-electron chi connectivity index (χ4n) is 1.59. The number of rotatable bonds is 4. The van der Waals surface area contributed by atoms with Crippen molar-refractivity contribution in [1.82, 2.24) is 4.98 Å². The van der Waals surface area contributed by atoms with Gasteiger partial charge in [0.15, 0.2) is 0 Å². The average molecular weight is 234 g/mol. The molecule has 16 heavy (non-hydrogen) atoms. The number of aliphatic hydroxyl groups is 1. The van der Waals surface area contributed by atoms with E-state index in [1.54, 1.807) is 5.51 Å². The molecule has 0 saturated carbocycles. The lowest BCUT2D eigenvalue weighted by Gasteiger charge is -2.17. The van der Waals surface area contributed by atoms with Gasteiger partial charge in [0.1, 0.15) is 6.10 Å². The Morgan fingerprint density at radius 3 is 2.69 bits per heavy atom. The summed E-state index contributed by atoms with van der Waals surface area (Å²) in [6.45, 7) is 0. The van der Waals surface area contributed by atoms with Gasteiger partial charge in [-0.25, -0.2) is 4.98 Å². The van der Waals surface area contributed by atoms with Crippen LogP contribution >= 0.6 is 11.3 Å². The van der Waals surface area contributed by atoms with Gasteiger partial charge in [0.05, 0.1) is 11.2 Å². The summed E-state index contributed by atoms with van der Waals surface area (Å²) in [4.78, 5) is 4.07. The number of hydrogen-bond donors (Lipinski definition) is 2. The third kappa shape index (κ3) is 2.66. The van der Waals surface area contributed by atoms with Crippen LogP contribution in [0.5, 0.6) is 0 Å². The molecule has 1 aromatic carbocycles. The second kappa shape index (κ2) is 5.21. The van der Waals surface area contributed by atoms with E-state index in [2.05, 4.69) is 4.98 Å². The van der Waals surface area contributed by atoms with Crippen LogP contribution in [0.2, 0.25) is 0 Å². The number of benzene rings is 1. The summed E-state index contributed by atoms with van der Waals surface area (Å²) in [6.07, 6.45) is -0.0362. The minimum absolute atomic E-state index is 0.315. The molecule has 0 fully saturated rings. The zero-order valence-electron chi connectivity index (χ0n) is 8.78. The Balaban J connectivity index is 2.01. The Bertz CT molecular complexity index is 416. The minimum atomic E-state index is -0.688. The normalized spacial score (nSPS) is 14.6. The summed E-state index contributed by atoms with van der Waals surface area (Å²) >= 11 is 1.46. The van der Waals surface area contributed by atoms with Gasteiger partial charge in [-0.05, 0) is 12.0 Å². The molecule has 0 aliphatic heterocycles. The highest BCUT2D eigenvalue weighted by atomic mass is 32.1. The molecular weight excluding hydrogens is 220 g/mol. The number of nitrogens with zero attached hydrogens (tertiary/aromatic N) is 1. The van der Waals surface area contributed by atoms with Crippen LogP contribution in [0.15, 0.2) is 41.2 Å². The van der Waals surface area contributed by atoms with E-state index in [1.165, 1.54) is 11.3 Å².